The first-order valence-corrected chi connectivity index (χ1v) is 5.56. The molecule has 12 heavy (non-hydrogen) atoms. The lowest BCUT2D eigenvalue weighted by Gasteiger charge is -2.27. The van der Waals surface area contributed by atoms with E-state index in [2.05, 4.69) is 0 Å². The second kappa shape index (κ2) is 3.05. The Bertz CT molecular complexity index is 283. The van der Waals surface area contributed by atoms with Gasteiger partial charge in [-0.2, -0.15) is 0 Å². The molecule has 2 atom stereocenters. The van der Waals surface area contributed by atoms with Gasteiger partial charge in [0.05, 0.1) is 5.25 Å². The first kappa shape index (κ1) is 9.51. The van der Waals surface area contributed by atoms with Crippen LogP contribution in [-0.2, 0) is 14.8 Å². The van der Waals surface area contributed by atoms with Crippen LogP contribution >= 0.6 is 0 Å². The van der Waals surface area contributed by atoms with Crippen molar-refractivity contribution in [2.24, 2.45) is 5.92 Å². The van der Waals surface area contributed by atoms with Crippen molar-refractivity contribution in [2.75, 3.05) is 0 Å². The van der Waals surface area contributed by atoms with E-state index >= 15 is 0 Å². The zero-order chi connectivity index (χ0) is 9.35. The quantitative estimate of drug-likeness (QED) is 0.646. The minimum atomic E-state index is -3.37. The molecule has 1 saturated heterocycles. The lowest BCUT2D eigenvalue weighted by molar-refractivity contribution is -0.120. The first-order chi connectivity index (χ1) is 5.47. The maximum atomic E-state index is 11.3. The fourth-order valence-electron chi connectivity index (χ4n) is 1.63. The Balaban J connectivity index is 2.93. The smallest absolute Gasteiger partial charge is 0.238 e. The van der Waals surface area contributed by atoms with E-state index in [0.29, 0.717) is 12.8 Å². The van der Waals surface area contributed by atoms with E-state index in [9.17, 15) is 13.2 Å². The molecule has 0 spiro atoms. The van der Waals surface area contributed by atoms with Crippen LogP contribution in [-0.4, -0.2) is 19.6 Å². The van der Waals surface area contributed by atoms with Crippen molar-refractivity contribution >= 4 is 15.9 Å². The van der Waals surface area contributed by atoms with Crippen LogP contribution in [0.2, 0.25) is 0 Å². The molecule has 0 aliphatic carbocycles. The van der Waals surface area contributed by atoms with Crippen LogP contribution in [0.15, 0.2) is 0 Å². The number of amides is 1. The Morgan fingerprint density at radius 1 is 1.58 bits per heavy atom. The molecule has 0 aromatic carbocycles. The standard InChI is InChI=1S/C7H13NO3S/c1-3-6-5(2)4-7(9)8-12(6,10)11/h5-6H,3-4H2,1-2H3,(H,8,9). The van der Waals surface area contributed by atoms with Crippen molar-refractivity contribution in [1.29, 1.82) is 0 Å². The van der Waals surface area contributed by atoms with Crippen LogP contribution in [0.5, 0.6) is 0 Å². The highest BCUT2D eigenvalue weighted by atomic mass is 32.2. The van der Waals surface area contributed by atoms with E-state index < -0.39 is 15.3 Å². The topological polar surface area (TPSA) is 63.2 Å². The van der Waals surface area contributed by atoms with E-state index in [1.54, 1.807) is 6.92 Å². The van der Waals surface area contributed by atoms with Gasteiger partial charge in [0.15, 0.2) is 0 Å². The van der Waals surface area contributed by atoms with Crippen LogP contribution in [0.1, 0.15) is 26.7 Å². The molecule has 0 aromatic heterocycles. The molecular formula is C7H13NO3S. The molecule has 0 aromatic rings. The summed E-state index contributed by atoms with van der Waals surface area (Å²) in [4.78, 5) is 10.9. The van der Waals surface area contributed by atoms with Crippen LogP contribution in [0.4, 0.5) is 0 Å². The van der Waals surface area contributed by atoms with Gasteiger partial charge in [-0.25, -0.2) is 8.42 Å². The SMILES string of the molecule is CCC1C(C)CC(=O)NS1(=O)=O. The van der Waals surface area contributed by atoms with Crippen molar-refractivity contribution in [3.8, 4) is 0 Å². The predicted octanol–water partition coefficient (Wildman–Crippen LogP) is 0.251. The Morgan fingerprint density at radius 3 is 2.58 bits per heavy atom. The Kier molecular flexibility index (Phi) is 2.41. The molecule has 1 amide bonds. The molecule has 1 aliphatic rings. The lowest BCUT2D eigenvalue weighted by atomic mass is 10.0. The van der Waals surface area contributed by atoms with Crippen LogP contribution < -0.4 is 4.72 Å². The lowest BCUT2D eigenvalue weighted by Crippen LogP contribution is -2.47. The Labute approximate surface area is 72.4 Å². The number of hydrogen-bond acceptors (Lipinski definition) is 3. The zero-order valence-electron chi connectivity index (χ0n) is 7.20. The maximum Gasteiger partial charge on any atom is 0.238 e. The fraction of sp³-hybridized carbons (Fsp3) is 0.857. The molecule has 70 valence electrons. The van der Waals surface area contributed by atoms with Crippen molar-refractivity contribution in [1.82, 2.24) is 4.72 Å². The highest BCUT2D eigenvalue weighted by molar-refractivity contribution is 7.90. The highest BCUT2D eigenvalue weighted by Crippen LogP contribution is 2.22. The average molecular weight is 191 g/mol. The molecular weight excluding hydrogens is 178 g/mol. The second-order valence-electron chi connectivity index (χ2n) is 3.20. The summed E-state index contributed by atoms with van der Waals surface area (Å²) in [6.45, 7) is 3.61. The van der Waals surface area contributed by atoms with Gasteiger partial charge >= 0.3 is 0 Å². The molecule has 0 saturated carbocycles. The van der Waals surface area contributed by atoms with Gasteiger partial charge in [-0.3, -0.25) is 9.52 Å². The molecule has 1 fully saturated rings. The summed E-state index contributed by atoms with van der Waals surface area (Å²) < 4.78 is 24.6. The van der Waals surface area contributed by atoms with Gasteiger partial charge in [-0.1, -0.05) is 13.8 Å². The summed E-state index contributed by atoms with van der Waals surface area (Å²) in [7, 11) is -3.37. The third-order valence-corrected chi connectivity index (χ3v) is 4.31. The third kappa shape index (κ3) is 1.60. The van der Waals surface area contributed by atoms with Gasteiger partial charge < -0.3 is 0 Å². The third-order valence-electron chi connectivity index (χ3n) is 2.20. The number of rotatable bonds is 1. The van der Waals surface area contributed by atoms with Crippen molar-refractivity contribution in [3.63, 3.8) is 0 Å². The van der Waals surface area contributed by atoms with Crippen LogP contribution in [0, 0.1) is 5.92 Å². The maximum absolute atomic E-state index is 11.3. The first-order valence-electron chi connectivity index (χ1n) is 4.02. The van der Waals surface area contributed by atoms with Gasteiger partial charge in [-0.15, -0.1) is 0 Å². The van der Waals surface area contributed by atoms with Gasteiger partial charge in [0.1, 0.15) is 0 Å². The van der Waals surface area contributed by atoms with E-state index in [0.717, 1.165) is 0 Å². The number of sulfonamides is 1. The minimum absolute atomic E-state index is 0.0613. The Morgan fingerprint density at radius 2 is 2.17 bits per heavy atom. The van der Waals surface area contributed by atoms with Gasteiger partial charge in [0.2, 0.25) is 15.9 Å². The zero-order valence-corrected chi connectivity index (χ0v) is 8.02. The molecule has 4 nitrogen and oxygen atoms in total. The summed E-state index contributed by atoms with van der Waals surface area (Å²) in [6.07, 6.45) is 0.877. The normalized spacial score (nSPS) is 34.3. The summed E-state index contributed by atoms with van der Waals surface area (Å²) >= 11 is 0. The largest absolute Gasteiger partial charge is 0.274 e. The van der Waals surface area contributed by atoms with E-state index in [4.69, 9.17) is 0 Å². The second-order valence-corrected chi connectivity index (χ2v) is 5.10. The minimum Gasteiger partial charge on any atom is -0.274 e. The molecule has 1 rings (SSSR count). The van der Waals surface area contributed by atoms with Crippen molar-refractivity contribution < 1.29 is 13.2 Å². The van der Waals surface area contributed by atoms with Crippen LogP contribution in [0.3, 0.4) is 0 Å². The summed E-state index contributed by atoms with van der Waals surface area (Å²) in [5, 5.41) is -0.407. The number of hydrogen-bond donors (Lipinski definition) is 1. The van der Waals surface area contributed by atoms with E-state index in [1.165, 1.54) is 0 Å². The summed E-state index contributed by atoms with van der Waals surface area (Å²) in [6, 6.07) is 0. The number of carbonyl (C=O) groups excluding carboxylic acids is 1. The molecule has 0 bridgehead atoms. The van der Waals surface area contributed by atoms with Crippen molar-refractivity contribution in [3.05, 3.63) is 0 Å². The number of carbonyl (C=O) groups is 1. The van der Waals surface area contributed by atoms with Gasteiger partial charge in [0.25, 0.3) is 0 Å². The molecule has 2 unspecified atom stereocenters. The monoisotopic (exact) mass is 191 g/mol. The highest BCUT2D eigenvalue weighted by Gasteiger charge is 2.36. The molecule has 1 aliphatic heterocycles. The summed E-state index contributed by atoms with van der Waals surface area (Å²) in [5.74, 6) is -0.444. The Hall–Kier alpha value is -0.580. The summed E-state index contributed by atoms with van der Waals surface area (Å²) in [5.41, 5.74) is 0. The van der Waals surface area contributed by atoms with Crippen LogP contribution in [0.25, 0.3) is 0 Å². The number of nitrogens with one attached hydrogen (secondary N) is 1. The molecule has 1 N–H and O–H groups in total. The van der Waals surface area contributed by atoms with Crippen molar-refractivity contribution in [2.45, 2.75) is 31.9 Å². The molecule has 1 heterocycles. The van der Waals surface area contributed by atoms with Gasteiger partial charge in [-0.05, 0) is 12.3 Å². The average Bonchev–Trinajstić information content (AvgIpc) is 1.82. The molecule has 5 heteroatoms. The fourth-order valence-corrected chi connectivity index (χ4v) is 3.33. The van der Waals surface area contributed by atoms with E-state index in [-0.39, 0.29) is 11.8 Å². The molecule has 0 radical (unpaired) electrons. The predicted molar refractivity (Wildman–Crippen MR) is 44.9 cm³/mol. The van der Waals surface area contributed by atoms with E-state index in [1.807, 2.05) is 11.6 Å². The van der Waals surface area contributed by atoms with Gasteiger partial charge in [0, 0.05) is 6.42 Å².